The van der Waals surface area contributed by atoms with Crippen molar-refractivity contribution in [3.05, 3.63) is 76.8 Å². The molecule has 3 unspecified atom stereocenters. The van der Waals surface area contributed by atoms with Gasteiger partial charge in [0.15, 0.2) is 5.11 Å². The van der Waals surface area contributed by atoms with E-state index in [1.54, 1.807) is 12.3 Å². The maximum absolute atomic E-state index is 11.4. The third-order valence-electron chi connectivity index (χ3n) is 6.02. The van der Waals surface area contributed by atoms with Crippen LogP contribution in [0.3, 0.4) is 0 Å². The number of rotatable bonds is 6. The van der Waals surface area contributed by atoms with Crippen LogP contribution in [0.1, 0.15) is 46.7 Å². The number of hydrogen-bond acceptors (Lipinski definition) is 5. The highest BCUT2D eigenvalue weighted by Gasteiger charge is 2.43. The van der Waals surface area contributed by atoms with Crippen LogP contribution < -0.4 is 5.32 Å². The van der Waals surface area contributed by atoms with Crippen molar-refractivity contribution < 1.29 is 19.1 Å². The number of ether oxygens (including phenoxy) is 1. The molecule has 0 bridgehead atoms. The van der Waals surface area contributed by atoms with Crippen molar-refractivity contribution in [2.24, 2.45) is 0 Å². The van der Waals surface area contributed by atoms with E-state index in [1.165, 1.54) is 12.1 Å². The minimum atomic E-state index is -1.03. The number of benzene rings is 1. The smallest absolute Gasteiger partial charge is 0.335 e. The van der Waals surface area contributed by atoms with E-state index in [9.17, 15) is 9.90 Å². The Morgan fingerprint density at radius 2 is 2.15 bits per heavy atom. The van der Waals surface area contributed by atoms with Gasteiger partial charge in [0, 0.05) is 24.9 Å². The van der Waals surface area contributed by atoms with Crippen molar-refractivity contribution in [3.8, 4) is 11.3 Å². The second kappa shape index (κ2) is 9.13. The lowest BCUT2D eigenvalue weighted by atomic mass is 10.0. The number of carboxylic acid groups (broad SMARTS) is 1. The molecular formula is C24H22ClN3O4S. The summed E-state index contributed by atoms with van der Waals surface area (Å²) in [6.07, 6.45) is 3.88. The minimum Gasteiger partial charge on any atom is -0.478 e. The summed E-state index contributed by atoms with van der Waals surface area (Å²) in [7, 11) is 0. The largest absolute Gasteiger partial charge is 0.478 e. The SMILES string of the molecule is O=C(O)c1ccc(Cl)c(-c2ccc(C3C(c4ccccn4)NC(=S)N3CC3CCCO3)o2)c1. The summed E-state index contributed by atoms with van der Waals surface area (Å²) in [5, 5.41) is 13.8. The lowest BCUT2D eigenvalue weighted by molar-refractivity contribution is 0.0697. The van der Waals surface area contributed by atoms with E-state index in [0.717, 1.165) is 25.1 Å². The van der Waals surface area contributed by atoms with Crippen LogP contribution in [-0.4, -0.2) is 45.3 Å². The van der Waals surface area contributed by atoms with Crippen LogP contribution in [0.2, 0.25) is 5.02 Å². The second-order valence-corrected chi connectivity index (χ2v) is 8.91. The first kappa shape index (κ1) is 21.9. The number of nitrogens with zero attached hydrogens (tertiary/aromatic N) is 2. The lowest BCUT2D eigenvalue weighted by Gasteiger charge is -2.28. The van der Waals surface area contributed by atoms with E-state index in [1.807, 2.05) is 30.3 Å². The maximum atomic E-state index is 11.4. The molecule has 9 heteroatoms. The van der Waals surface area contributed by atoms with Crippen LogP contribution in [0.15, 0.2) is 59.1 Å². The third kappa shape index (κ3) is 4.34. The molecule has 2 aliphatic rings. The lowest BCUT2D eigenvalue weighted by Crippen LogP contribution is -2.36. The predicted molar refractivity (Wildman–Crippen MR) is 127 cm³/mol. The molecule has 2 aliphatic heterocycles. The van der Waals surface area contributed by atoms with E-state index < -0.39 is 5.97 Å². The van der Waals surface area contributed by atoms with Gasteiger partial charge in [0.2, 0.25) is 0 Å². The van der Waals surface area contributed by atoms with Crippen molar-refractivity contribution in [1.29, 1.82) is 0 Å². The number of aromatic nitrogens is 1. The molecule has 170 valence electrons. The molecule has 0 amide bonds. The Morgan fingerprint density at radius 1 is 1.27 bits per heavy atom. The number of halogens is 1. The summed E-state index contributed by atoms with van der Waals surface area (Å²) in [6.45, 7) is 1.40. The summed E-state index contributed by atoms with van der Waals surface area (Å²) >= 11 is 12.1. The molecule has 7 nitrogen and oxygen atoms in total. The molecule has 5 rings (SSSR count). The maximum Gasteiger partial charge on any atom is 0.335 e. The minimum absolute atomic E-state index is 0.103. The van der Waals surface area contributed by atoms with Gasteiger partial charge in [0.25, 0.3) is 0 Å². The summed E-state index contributed by atoms with van der Waals surface area (Å²) in [5.41, 5.74) is 1.52. The topological polar surface area (TPSA) is 87.8 Å². The highest BCUT2D eigenvalue weighted by atomic mass is 35.5. The first-order valence-electron chi connectivity index (χ1n) is 10.7. The zero-order valence-electron chi connectivity index (χ0n) is 17.6. The molecule has 2 N–H and O–H groups in total. The van der Waals surface area contributed by atoms with Gasteiger partial charge in [0.1, 0.15) is 17.6 Å². The zero-order valence-corrected chi connectivity index (χ0v) is 19.2. The molecule has 0 saturated carbocycles. The first-order chi connectivity index (χ1) is 16.0. The quantitative estimate of drug-likeness (QED) is 0.481. The van der Waals surface area contributed by atoms with Gasteiger partial charge in [-0.3, -0.25) is 4.98 Å². The number of hydrogen-bond donors (Lipinski definition) is 2. The van der Waals surface area contributed by atoms with Gasteiger partial charge in [-0.15, -0.1) is 0 Å². The molecule has 2 fully saturated rings. The van der Waals surface area contributed by atoms with E-state index in [2.05, 4.69) is 15.2 Å². The number of pyridine rings is 1. The van der Waals surface area contributed by atoms with Crippen molar-refractivity contribution in [1.82, 2.24) is 15.2 Å². The Labute approximate surface area is 201 Å². The third-order valence-corrected chi connectivity index (χ3v) is 6.70. The summed E-state index contributed by atoms with van der Waals surface area (Å²) in [4.78, 5) is 18.1. The van der Waals surface area contributed by atoms with Crippen LogP contribution in [0, 0.1) is 0 Å². The molecule has 4 heterocycles. The van der Waals surface area contributed by atoms with Gasteiger partial charge in [0.05, 0.1) is 28.4 Å². The first-order valence-corrected chi connectivity index (χ1v) is 11.5. The number of thiocarbonyl (C=S) groups is 1. The van der Waals surface area contributed by atoms with Gasteiger partial charge in [-0.05, 0) is 67.5 Å². The van der Waals surface area contributed by atoms with E-state index in [4.69, 9.17) is 33.0 Å². The van der Waals surface area contributed by atoms with Crippen molar-refractivity contribution in [3.63, 3.8) is 0 Å². The molecule has 3 atom stereocenters. The van der Waals surface area contributed by atoms with Crippen LogP contribution in [-0.2, 0) is 4.74 Å². The molecule has 2 saturated heterocycles. The Balaban J connectivity index is 1.53. The zero-order chi connectivity index (χ0) is 22.9. The van der Waals surface area contributed by atoms with Gasteiger partial charge in [-0.2, -0.15) is 0 Å². The van der Waals surface area contributed by atoms with E-state index in [-0.39, 0.29) is 23.8 Å². The normalized spacial score (nSPS) is 22.5. The monoisotopic (exact) mass is 483 g/mol. The Kier molecular flexibility index (Phi) is 6.05. The van der Waals surface area contributed by atoms with Gasteiger partial charge >= 0.3 is 5.97 Å². The molecule has 0 radical (unpaired) electrons. The summed E-state index contributed by atoms with van der Waals surface area (Å²) < 4.78 is 12.1. The number of carbonyl (C=O) groups is 1. The van der Waals surface area contributed by atoms with Gasteiger partial charge in [-0.25, -0.2) is 4.79 Å². The predicted octanol–water partition coefficient (Wildman–Crippen LogP) is 4.84. The molecule has 2 aromatic heterocycles. The number of nitrogens with one attached hydrogen (secondary N) is 1. The van der Waals surface area contributed by atoms with Gasteiger partial charge < -0.3 is 24.5 Å². The Hall–Kier alpha value is -2.94. The molecule has 33 heavy (non-hydrogen) atoms. The average Bonchev–Trinajstić information content (AvgIpc) is 3.56. The van der Waals surface area contributed by atoms with Crippen molar-refractivity contribution in [2.75, 3.05) is 13.2 Å². The highest BCUT2D eigenvalue weighted by Crippen LogP contribution is 2.41. The number of aromatic carboxylic acids is 1. The van der Waals surface area contributed by atoms with Crippen LogP contribution in [0.5, 0.6) is 0 Å². The van der Waals surface area contributed by atoms with Crippen molar-refractivity contribution >= 4 is 34.9 Å². The molecule has 0 aliphatic carbocycles. The molecular weight excluding hydrogens is 462 g/mol. The summed E-state index contributed by atoms with van der Waals surface area (Å²) in [6, 6.07) is 13.6. The average molecular weight is 484 g/mol. The molecule has 3 aromatic rings. The Bertz CT molecular complexity index is 1180. The second-order valence-electron chi connectivity index (χ2n) is 8.12. The van der Waals surface area contributed by atoms with Crippen LogP contribution >= 0.6 is 23.8 Å². The molecule has 1 aromatic carbocycles. The fraction of sp³-hybridized carbons (Fsp3) is 0.292. The van der Waals surface area contributed by atoms with Crippen LogP contribution in [0.25, 0.3) is 11.3 Å². The Morgan fingerprint density at radius 3 is 2.88 bits per heavy atom. The fourth-order valence-electron chi connectivity index (χ4n) is 4.42. The number of carboxylic acids is 1. The molecule has 0 spiro atoms. The highest BCUT2D eigenvalue weighted by molar-refractivity contribution is 7.80. The fourth-order valence-corrected chi connectivity index (χ4v) is 4.95. The van der Waals surface area contributed by atoms with Crippen molar-refractivity contribution in [2.45, 2.75) is 31.0 Å². The van der Waals surface area contributed by atoms with E-state index >= 15 is 0 Å². The number of furan rings is 1. The summed E-state index contributed by atoms with van der Waals surface area (Å²) in [5.74, 6) is 0.151. The van der Waals surface area contributed by atoms with Gasteiger partial charge in [-0.1, -0.05) is 17.7 Å². The van der Waals surface area contributed by atoms with Crippen LogP contribution in [0.4, 0.5) is 0 Å². The standard InChI is InChI=1S/C24H22ClN3O4S/c25-17-7-6-14(23(29)30)12-16(17)19-8-9-20(32-19)22-21(18-5-1-2-10-26-18)27-24(33)28(22)13-15-4-3-11-31-15/h1-2,5-10,12,15,21-22H,3-4,11,13H2,(H,27,33)(H,29,30). The van der Waals surface area contributed by atoms with E-state index in [0.29, 0.717) is 33.8 Å².